The zero-order chi connectivity index (χ0) is 13.2. The fourth-order valence-corrected chi connectivity index (χ4v) is 2.79. The number of hydrogen-bond donors (Lipinski definition) is 2. The molecule has 1 aliphatic heterocycles. The fourth-order valence-electron chi connectivity index (χ4n) is 2.79. The Labute approximate surface area is 112 Å². The van der Waals surface area contributed by atoms with Gasteiger partial charge in [-0.3, -0.25) is 4.79 Å². The Bertz CT molecular complexity index is 590. The number of benzene rings is 1. The number of aromatic nitrogens is 1. The van der Waals surface area contributed by atoms with E-state index in [0.717, 1.165) is 35.9 Å². The predicted molar refractivity (Wildman–Crippen MR) is 75.8 cm³/mol. The number of fused-ring (bicyclic) bond motifs is 1. The minimum absolute atomic E-state index is 0.140. The van der Waals surface area contributed by atoms with E-state index in [2.05, 4.69) is 11.1 Å². The number of nitrogens with zero attached hydrogens (tertiary/aromatic N) is 1. The number of H-pyrrole nitrogens is 1. The summed E-state index contributed by atoms with van der Waals surface area (Å²) in [6.07, 6.45) is 4.43. The van der Waals surface area contributed by atoms with Gasteiger partial charge < -0.3 is 15.6 Å². The molecule has 2 aromatic rings. The average molecular weight is 257 g/mol. The predicted octanol–water partition coefficient (Wildman–Crippen LogP) is 1.66. The zero-order valence-corrected chi connectivity index (χ0v) is 10.9. The summed E-state index contributed by atoms with van der Waals surface area (Å²) < 4.78 is 0. The number of nitrogens with two attached hydrogens (primary N) is 1. The van der Waals surface area contributed by atoms with Gasteiger partial charge in [0.05, 0.1) is 6.42 Å². The van der Waals surface area contributed by atoms with Crippen molar-refractivity contribution < 1.29 is 4.79 Å². The van der Waals surface area contributed by atoms with Crippen LogP contribution in [0.3, 0.4) is 0 Å². The number of para-hydroxylation sites is 1. The lowest BCUT2D eigenvalue weighted by molar-refractivity contribution is -0.131. The zero-order valence-electron chi connectivity index (χ0n) is 10.9. The van der Waals surface area contributed by atoms with Gasteiger partial charge >= 0.3 is 0 Å². The van der Waals surface area contributed by atoms with Gasteiger partial charge in [-0.25, -0.2) is 0 Å². The van der Waals surface area contributed by atoms with Gasteiger partial charge in [-0.2, -0.15) is 0 Å². The summed E-state index contributed by atoms with van der Waals surface area (Å²) in [4.78, 5) is 17.4. The molecular weight excluding hydrogens is 238 g/mol. The molecule has 0 bridgehead atoms. The van der Waals surface area contributed by atoms with Crippen LogP contribution in [0.4, 0.5) is 0 Å². The SMILES string of the molecule is N[C@@H]1CCCN(C(=O)Cc2c[nH]c3ccccc23)C1. The normalized spacial score (nSPS) is 19.8. The van der Waals surface area contributed by atoms with Gasteiger partial charge in [-0.05, 0) is 24.5 Å². The van der Waals surface area contributed by atoms with Crippen molar-refractivity contribution in [3.63, 3.8) is 0 Å². The van der Waals surface area contributed by atoms with Crippen LogP contribution in [0.2, 0.25) is 0 Å². The summed E-state index contributed by atoms with van der Waals surface area (Å²) in [7, 11) is 0. The molecule has 0 spiro atoms. The van der Waals surface area contributed by atoms with Gasteiger partial charge in [-0.1, -0.05) is 18.2 Å². The summed E-state index contributed by atoms with van der Waals surface area (Å²) in [6.45, 7) is 1.54. The maximum Gasteiger partial charge on any atom is 0.227 e. The maximum atomic E-state index is 12.3. The third kappa shape index (κ3) is 2.49. The van der Waals surface area contributed by atoms with E-state index in [9.17, 15) is 4.79 Å². The van der Waals surface area contributed by atoms with Crippen molar-refractivity contribution in [2.24, 2.45) is 5.73 Å². The Balaban J connectivity index is 1.75. The Morgan fingerprint density at radius 1 is 1.42 bits per heavy atom. The minimum Gasteiger partial charge on any atom is -0.361 e. The highest BCUT2D eigenvalue weighted by atomic mass is 16.2. The van der Waals surface area contributed by atoms with Crippen molar-refractivity contribution in [3.8, 4) is 0 Å². The molecule has 3 N–H and O–H groups in total. The van der Waals surface area contributed by atoms with E-state index in [4.69, 9.17) is 5.73 Å². The summed E-state index contributed by atoms with van der Waals surface area (Å²) in [5.41, 5.74) is 8.08. The number of amides is 1. The first-order chi connectivity index (χ1) is 9.24. The number of nitrogens with one attached hydrogen (secondary N) is 1. The number of aromatic amines is 1. The van der Waals surface area contributed by atoms with Crippen molar-refractivity contribution >= 4 is 16.8 Å². The molecule has 0 radical (unpaired) electrons. The number of likely N-dealkylation sites (tertiary alicyclic amines) is 1. The van der Waals surface area contributed by atoms with Crippen molar-refractivity contribution in [3.05, 3.63) is 36.0 Å². The summed E-state index contributed by atoms with van der Waals surface area (Å²) >= 11 is 0. The molecular formula is C15H19N3O. The van der Waals surface area contributed by atoms with Crippen LogP contribution in [0.5, 0.6) is 0 Å². The number of piperidine rings is 1. The molecule has 1 aliphatic rings. The van der Waals surface area contributed by atoms with Gasteiger partial charge in [0.2, 0.25) is 5.91 Å². The van der Waals surface area contributed by atoms with Crippen LogP contribution < -0.4 is 5.73 Å². The largest absolute Gasteiger partial charge is 0.361 e. The lowest BCUT2D eigenvalue weighted by Gasteiger charge is -2.30. The molecule has 4 nitrogen and oxygen atoms in total. The van der Waals surface area contributed by atoms with Crippen LogP contribution in [0.25, 0.3) is 10.9 Å². The number of rotatable bonds is 2. The molecule has 2 heterocycles. The molecule has 4 heteroatoms. The second-order valence-corrected chi connectivity index (χ2v) is 5.28. The smallest absolute Gasteiger partial charge is 0.227 e. The van der Waals surface area contributed by atoms with Crippen molar-refractivity contribution in [2.45, 2.75) is 25.3 Å². The van der Waals surface area contributed by atoms with E-state index >= 15 is 0 Å². The van der Waals surface area contributed by atoms with E-state index in [-0.39, 0.29) is 11.9 Å². The molecule has 100 valence electrons. The van der Waals surface area contributed by atoms with Gasteiger partial charge in [-0.15, -0.1) is 0 Å². The highest BCUT2D eigenvalue weighted by molar-refractivity contribution is 5.88. The van der Waals surface area contributed by atoms with Crippen LogP contribution >= 0.6 is 0 Å². The van der Waals surface area contributed by atoms with Crippen LogP contribution in [-0.2, 0) is 11.2 Å². The lowest BCUT2D eigenvalue weighted by atomic mass is 10.0. The van der Waals surface area contributed by atoms with Crippen molar-refractivity contribution in [1.29, 1.82) is 0 Å². The van der Waals surface area contributed by atoms with Crippen molar-refractivity contribution in [1.82, 2.24) is 9.88 Å². The Hall–Kier alpha value is -1.81. The standard InChI is InChI=1S/C15H19N3O/c16-12-4-3-7-18(10-12)15(19)8-11-9-17-14-6-2-1-5-13(11)14/h1-2,5-6,9,12,17H,3-4,7-8,10,16H2/t12-/m1/s1. The summed E-state index contributed by atoms with van der Waals surface area (Å²) in [5, 5.41) is 1.14. The van der Waals surface area contributed by atoms with Gasteiger partial charge in [0.25, 0.3) is 0 Å². The highest BCUT2D eigenvalue weighted by Gasteiger charge is 2.21. The summed E-state index contributed by atoms with van der Waals surface area (Å²) in [5.74, 6) is 0.180. The molecule has 1 aromatic heterocycles. The quantitative estimate of drug-likeness (QED) is 0.859. The molecule has 1 fully saturated rings. The average Bonchev–Trinajstić information content (AvgIpc) is 2.82. The summed E-state index contributed by atoms with van der Waals surface area (Å²) in [6, 6.07) is 8.21. The lowest BCUT2D eigenvalue weighted by Crippen LogP contribution is -2.46. The second kappa shape index (κ2) is 5.05. The van der Waals surface area contributed by atoms with E-state index in [1.807, 2.05) is 29.3 Å². The maximum absolute atomic E-state index is 12.3. The van der Waals surface area contributed by atoms with Gasteiger partial charge in [0, 0.05) is 36.2 Å². The molecule has 1 amide bonds. The molecule has 1 saturated heterocycles. The number of carbonyl (C=O) groups excluding carboxylic acids is 1. The number of carbonyl (C=O) groups is 1. The van der Waals surface area contributed by atoms with Gasteiger partial charge in [0.1, 0.15) is 0 Å². The molecule has 0 saturated carbocycles. The highest BCUT2D eigenvalue weighted by Crippen LogP contribution is 2.19. The molecule has 3 rings (SSSR count). The Morgan fingerprint density at radius 3 is 3.11 bits per heavy atom. The Morgan fingerprint density at radius 2 is 2.26 bits per heavy atom. The molecule has 19 heavy (non-hydrogen) atoms. The van der Waals surface area contributed by atoms with Crippen LogP contribution in [0, 0.1) is 0 Å². The Kier molecular flexibility index (Phi) is 3.25. The van der Waals surface area contributed by atoms with E-state index in [0.29, 0.717) is 13.0 Å². The van der Waals surface area contributed by atoms with Crippen LogP contribution in [-0.4, -0.2) is 34.9 Å². The molecule has 1 atom stereocenters. The topological polar surface area (TPSA) is 62.1 Å². The van der Waals surface area contributed by atoms with E-state index < -0.39 is 0 Å². The first kappa shape index (κ1) is 12.2. The fraction of sp³-hybridized carbons (Fsp3) is 0.400. The molecule has 1 aromatic carbocycles. The van der Waals surface area contributed by atoms with Crippen molar-refractivity contribution in [2.75, 3.05) is 13.1 Å². The first-order valence-corrected chi connectivity index (χ1v) is 6.82. The molecule has 0 unspecified atom stereocenters. The van der Waals surface area contributed by atoms with Crippen LogP contribution in [0.1, 0.15) is 18.4 Å². The first-order valence-electron chi connectivity index (χ1n) is 6.82. The number of hydrogen-bond acceptors (Lipinski definition) is 2. The minimum atomic E-state index is 0.140. The third-order valence-electron chi connectivity index (χ3n) is 3.83. The monoisotopic (exact) mass is 257 g/mol. The van der Waals surface area contributed by atoms with E-state index in [1.165, 1.54) is 0 Å². The molecule has 0 aliphatic carbocycles. The van der Waals surface area contributed by atoms with E-state index in [1.54, 1.807) is 0 Å². The third-order valence-corrected chi connectivity index (χ3v) is 3.83. The van der Waals surface area contributed by atoms with Crippen LogP contribution in [0.15, 0.2) is 30.5 Å². The van der Waals surface area contributed by atoms with Gasteiger partial charge in [0.15, 0.2) is 0 Å². The second-order valence-electron chi connectivity index (χ2n) is 5.28.